The lowest BCUT2D eigenvalue weighted by Crippen LogP contribution is -2.14. The zero-order valence-corrected chi connectivity index (χ0v) is 13.3. The van der Waals surface area contributed by atoms with Gasteiger partial charge >= 0.3 is 0 Å². The molecule has 0 radical (unpaired) electrons. The van der Waals surface area contributed by atoms with Crippen LogP contribution in [0.4, 0.5) is 5.69 Å². The highest BCUT2D eigenvalue weighted by molar-refractivity contribution is 7.92. The van der Waals surface area contributed by atoms with E-state index in [1.165, 1.54) is 18.3 Å². The summed E-state index contributed by atoms with van der Waals surface area (Å²) in [6.07, 6.45) is 1.48. The Kier molecular flexibility index (Phi) is 4.82. The molecule has 0 spiro atoms. The number of anilines is 1. The van der Waals surface area contributed by atoms with Gasteiger partial charge in [0.15, 0.2) is 0 Å². The van der Waals surface area contributed by atoms with Crippen LogP contribution in [-0.2, 0) is 16.6 Å². The fourth-order valence-corrected chi connectivity index (χ4v) is 3.15. The van der Waals surface area contributed by atoms with Crippen LogP contribution in [0.25, 0.3) is 0 Å². The lowest BCUT2D eigenvalue weighted by Gasteiger charge is -2.10. The van der Waals surface area contributed by atoms with Gasteiger partial charge in [0, 0.05) is 17.3 Å². The Hall–Kier alpha value is -1.63. The number of pyridine rings is 1. The van der Waals surface area contributed by atoms with Crippen LogP contribution in [-0.4, -0.2) is 20.4 Å². The zero-order chi connectivity index (χ0) is 15.5. The first kappa shape index (κ1) is 15.8. The molecule has 7 heteroatoms. The summed E-state index contributed by atoms with van der Waals surface area (Å²) < 4.78 is 27.1. The van der Waals surface area contributed by atoms with Gasteiger partial charge in [-0.2, -0.15) is 0 Å². The van der Waals surface area contributed by atoms with Gasteiger partial charge in [-0.15, -0.1) is 0 Å². The molecule has 0 saturated heterocycles. The lowest BCUT2D eigenvalue weighted by molar-refractivity contribution is 0.601. The van der Waals surface area contributed by atoms with E-state index in [0.717, 1.165) is 11.3 Å². The third-order valence-corrected chi connectivity index (χ3v) is 4.60. The summed E-state index contributed by atoms with van der Waals surface area (Å²) in [5.41, 5.74) is 2.07. The monoisotopic (exact) mass is 325 g/mol. The number of rotatable bonds is 5. The highest BCUT2D eigenvalue weighted by Gasteiger charge is 2.16. The largest absolute Gasteiger partial charge is 0.316 e. The molecule has 0 amide bonds. The first-order valence-electron chi connectivity index (χ1n) is 6.31. The van der Waals surface area contributed by atoms with Crippen LogP contribution in [0.5, 0.6) is 0 Å². The van der Waals surface area contributed by atoms with Crippen molar-refractivity contribution in [3.05, 3.63) is 52.8 Å². The van der Waals surface area contributed by atoms with E-state index < -0.39 is 10.0 Å². The molecule has 0 saturated carbocycles. The van der Waals surface area contributed by atoms with Gasteiger partial charge in [0.2, 0.25) is 0 Å². The van der Waals surface area contributed by atoms with Crippen molar-refractivity contribution in [3.8, 4) is 0 Å². The summed E-state index contributed by atoms with van der Waals surface area (Å²) in [5.74, 6) is 0. The molecule has 0 bridgehead atoms. The van der Waals surface area contributed by atoms with Crippen LogP contribution in [0.2, 0.25) is 5.02 Å². The third-order valence-electron chi connectivity index (χ3n) is 2.87. The number of hydrogen-bond acceptors (Lipinski definition) is 4. The van der Waals surface area contributed by atoms with E-state index in [1.807, 2.05) is 6.92 Å². The number of sulfonamides is 1. The molecule has 1 heterocycles. The second-order valence-corrected chi connectivity index (χ2v) is 6.67. The standard InChI is InChI=1S/C14H16ClN3O2S/c1-10-3-5-12(9-17-10)18-21(19,20)13-6-4-11(8-16-2)14(15)7-13/h3-7,9,16,18H,8H2,1-2H3. The SMILES string of the molecule is CNCc1ccc(S(=O)(=O)Nc2ccc(C)nc2)cc1Cl. The summed E-state index contributed by atoms with van der Waals surface area (Å²) in [4.78, 5) is 4.17. The molecule has 2 N–H and O–H groups in total. The Balaban J connectivity index is 2.27. The first-order valence-corrected chi connectivity index (χ1v) is 8.17. The molecule has 112 valence electrons. The van der Waals surface area contributed by atoms with Crippen molar-refractivity contribution in [1.29, 1.82) is 0 Å². The van der Waals surface area contributed by atoms with Crippen LogP contribution in [0, 0.1) is 6.92 Å². The number of aryl methyl sites for hydroxylation is 1. The lowest BCUT2D eigenvalue weighted by atomic mass is 10.2. The molecule has 21 heavy (non-hydrogen) atoms. The Morgan fingerprint density at radius 1 is 1.24 bits per heavy atom. The minimum Gasteiger partial charge on any atom is -0.316 e. The normalized spacial score (nSPS) is 11.4. The molecule has 1 aromatic heterocycles. The third kappa shape index (κ3) is 3.93. The van der Waals surface area contributed by atoms with Crippen molar-refractivity contribution < 1.29 is 8.42 Å². The summed E-state index contributed by atoms with van der Waals surface area (Å²) in [5, 5.41) is 3.38. The highest BCUT2D eigenvalue weighted by Crippen LogP contribution is 2.22. The van der Waals surface area contributed by atoms with Crippen molar-refractivity contribution in [1.82, 2.24) is 10.3 Å². The molecule has 5 nitrogen and oxygen atoms in total. The van der Waals surface area contributed by atoms with Crippen LogP contribution in [0.3, 0.4) is 0 Å². The fourth-order valence-electron chi connectivity index (χ4n) is 1.77. The highest BCUT2D eigenvalue weighted by atomic mass is 35.5. The minimum atomic E-state index is -3.68. The number of aromatic nitrogens is 1. The molecular formula is C14H16ClN3O2S. The van der Waals surface area contributed by atoms with Gasteiger partial charge in [-0.05, 0) is 43.8 Å². The fraction of sp³-hybridized carbons (Fsp3) is 0.214. The van der Waals surface area contributed by atoms with Crippen molar-refractivity contribution >= 4 is 27.3 Å². The number of halogens is 1. The van der Waals surface area contributed by atoms with E-state index in [2.05, 4.69) is 15.0 Å². The average Bonchev–Trinajstić information content (AvgIpc) is 2.43. The number of nitrogens with one attached hydrogen (secondary N) is 2. The summed E-state index contributed by atoms with van der Waals surface area (Å²) >= 11 is 6.09. The predicted octanol–water partition coefficient (Wildman–Crippen LogP) is 2.56. The van der Waals surface area contributed by atoms with Crippen molar-refractivity contribution in [2.45, 2.75) is 18.4 Å². The maximum absolute atomic E-state index is 12.3. The number of hydrogen-bond donors (Lipinski definition) is 2. The molecule has 2 aromatic rings. The molecule has 1 aromatic carbocycles. The Labute approximate surface area is 129 Å². The molecular weight excluding hydrogens is 310 g/mol. The van der Waals surface area contributed by atoms with Gasteiger partial charge in [-0.3, -0.25) is 9.71 Å². The molecule has 0 aliphatic carbocycles. The van der Waals surface area contributed by atoms with Crippen LogP contribution in [0.15, 0.2) is 41.4 Å². The van der Waals surface area contributed by atoms with E-state index in [-0.39, 0.29) is 4.90 Å². The van der Waals surface area contributed by atoms with Crippen molar-refractivity contribution in [2.24, 2.45) is 0 Å². The Bertz CT molecular complexity index is 730. The Morgan fingerprint density at radius 3 is 2.57 bits per heavy atom. The molecule has 0 aliphatic heterocycles. The van der Waals surface area contributed by atoms with Crippen LogP contribution in [0.1, 0.15) is 11.3 Å². The second kappa shape index (κ2) is 6.43. The smallest absolute Gasteiger partial charge is 0.261 e. The minimum absolute atomic E-state index is 0.118. The van der Waals surface area contributed by atoms with Crippen molar-refractivity contribution in [2.75, 3.05) is 11.8 Å². The van der Waals surface area contributed by atoms with Gasteiger partial charge in [0.1, 0.15) is 0 Å². The van der Waals surface area contributed by atoms with E-state index >= 15 is 0 Å². The topological polar surface area (TPSA) is 71.1 Å². The van der Waals surface area contributed by atoms with Crippen molar-refractivity contribution in [3.63, 3.8) is 0 Å². The van der Waals surface area contributed by atoms with Gasteiger partial charge < -0.3 is 5.32 Å². The number of nitrogens with zero attached hydrogens (tertiary/aromatic N) is 1. The Morgan fingerprint density at radius 2 is 2.00 bits per heavy atom. The molecule has 2 rings (SSSR count). The van der Waals surface area contributed by atoms with Gasteiger partial charge in [-0.25, -0.2) is 8.42 Å². The molecule has 0 aliphatic rings. The first-order chi connectivity index (χ1) is 9.92. The van der Waals surface area contributed by atoms with E-state index in [9.17, 15) is 8.42 Å². The van der Waals surface area contributed by atoms with E-state index in [1.54, 1.807) is 25.2 Å². The summed E-state index contributed by atoms with van der Waals surface area (Å²) in [6, 6.07) is 8.07. The number of benzene rings is 1. The molecule has 0 unspecified atom stereocenters. The molecule has 0 fully saturated rings. The molecule has 0 atom stereocenters. The quantitative estimate of drug-likeness (QED) is 0.886. The van der Waals surface area contributed by atoms with E-state index in [4.69, 9.17) is 11.6 Å². The van der Waals surface area contributed by atoms with Crippen LogP contribution >= 0.6 is 11.6 Å². The zero-order valence-electron chi connectivity index (χ0n) is 11.7. The van der Waals surface area contributed by atoms with Gasteiger partial charge in [0.05, 0.1) is 16.8 Å². The maximum Gasteiger partial charge on any atom is 0.261 e. The predicted molar refractivity (Wildman–Crippen MR) is 84.0 cm³/mol. The summed E-state index contributed by atoms with van der Waals surface area (Å²) in [6.45, 7) is 2.41. The summed E-state index contributed by atoms with van der Waals surface area (Å²) in [7, 11) is -1.88. The van der Waals surface area contributed by atoms with Gasteiger partial charge in [-0.1, -0.05) is 17.7 Å². The maximum atomic E-state index is 12.3. The van der Waals surface area contributed by atoms with E-state index in [0.29, 0.717) is 17.3 Å². The van der Waals surface area contributed by atoms with Gasteiger partial charge in [0.25, 0.3) is 10.0 Å². The second-order valence-electron chi connectivity index (χ2n) is 4.58. The van der Waals surface area contributed by atoms with Crippen LogP contribution < -0.4 is 10.0 Å². The average molecular weight is 326 g/mol.